The molecule has 1 atom stereocenters. The molecule has 0 bridgehead atoms. The van der Waals surface area contributed by atoms with E-state index in [1.165, 1.54) is 23.3 Å². The second-order valence-electron chi connectivity index (χ2n) is 7.82. The summed E-state index contributed by atoms with van der Waals surface area (Å²) >= 11 is 0. The number of amides is 1. The highest BCUT2D eigenvalue weighted by Gasteiger charge is 2.47. The van der Waals surface area contributed by atoms with E-state index in [1.807, 2.05) is 6.92 Å². The topological polar surface area (TPSA) is 117 Å². The molecule has 8 nitrogen and oxygen atoms in total. The normalized spacial score (nSPS) is 17.2. The number of hydrogen-bond acceptors (Lipinski definition) is 6. The van der Waals surface area contributed by atoms with Crippen LogP contribution < -0.4 is 4.74 Å². The summed E-state index contributed by atoms with van der Waals surface area (Å²) in [6.07, 6.45) is 2.24. The van der Waals surface area contributed by atoms with Gasteiger partial charge in [0.05, 0.1) is 24.0 Å². The largest absolute Gasteiger partial charge is 0.507 e. The Morgan fingerprint density at radius 2 is 1.79 bits per heavy atom. The van der Waals surface area contributed by atoms with Crippen molar-refractivity contribution >= 4 is 23.4 Å². The lowest BCUT2D eigenvalue weighted by atomic mass is 9.99. The first-order valence-electron chi connectivity index (χ1n) is 10.8. The maximum atomic E-state index is 13.1. The molecule has 3 aromatic rings. The summed E-state index contributed by atoms with van der Waals surface area (Å²) in [6, 6.07) is 15.0. The van der Waals surface area contributed by atoms with Crippen molar-refractivity contribution in [1.82, 2.24) is 4.90 Å². The molecule has 2 aromatic carbocycles. The first kappa shape index (κ1) is 22.8. The third-order valence-electron chi connectivity index (χ3n) is 5.49. The number of aliphatic hydroxyl groups is 1. The number of carboxylic acid groups (broad SMARTS) is 1. The van der Waals surface area contributed by atoms with Gasteiger partial charge in [-0.15, -0.1) is 0 Å². The number of rotatable bonds is 8. The van der Waals surface area contributed by atoms with Gasteiger partial charge in [-0.25, -0.2) is 4.79 Å². The maximum Gasteiger partial charge on any atom is 0.335 e. The Kier molecular flexibility index (Phi) is 6.49. The Bertz CT molecular complexity index is 1240. The molecule has 0 saturated carbocycles. The molecule has 0 aliphatic carbocycles. The number of ketones is 1. The van der Waals surface area contributed by atoms with Crippen LogP contribution in [0.5, 0.6) is 5.75 Å². The van der Waals surface area contributed by atoms with Crippen LogP contribution >= 0.6 is 0 Å². The molecule has 1 fully saturated rings. The summed E-state index contributed by atoms with van der Waals surface area (Å²) in [6.45, 7) is 2.50. The number of likely N-dealkylation sites (tertiary alicyclic amines) is 1. The van der Waals surface area contributed by atoms with Gasteiger partial charge in [0, 0.05) is 12.1 Å². The highest BCUT2D eigenvalue weighted by atomic mass is 16.5. The lowest BCUT2D eigenvalue weighted by molar-refractivity contribution is -0.140. The van der Waals surface area contributed by atoms with Gasteiger partial charge in [-0.05, 0) is 48.4 Å². The van der Waals surface area contributed by atoms with Crippen LogP contribution in [0, 0.1) is 0 Å². The summed E-state index contributed by atoms with van der Waals surface area (Å²) in [5, 5.41) is 20.2. The van der Waals surface area contributed by atoms with Crippen LogP contribution in [0.15, 0.2) is 76.9 Å². The Hall–Kier alpha value is -4.33. The van der Waals surface area contributed by atoms with Crippen molar-refractivity contribution in [1.29, 1.82) is 0 Å². The van der Waals surface area contributed by atoms with Crippen LogP contribution in [0.4, 0.5) is 0 Å². The smallest absolute Gasteiger partial charge is 0.335 e. The van der Waals surface area contributed by atoms with Crippen molar-refractivity contribution in [3.8, 4) is 5.75 Å². The maximum absolute atomic E-state index is 13.1. The van der Waals surface area contributed by atoms with E-state index in [0.29, 0.717) is 29.2 Å². The molecule has 1 aromatic heterocycles. The standard InChI is InChI=1S/C26H23NO7/c1-2-12-33-19-6-3-5-18(14-19)23(28)21-22(20-7-4-13-34-20)27(25(30)24(21)29)15-16-8-10-17(11-9-16)26(31)32/h3-11,13-14,22,28H,2,12,15H2,1H3,(H,31,32)/b23-21-. The van der Waals surface area contributed by atoms with Gasteiger partial charge in [0.1, 0.15) is 23.3 Å². The summed E-state index contributed by atoms with van der Waals surface area (Å²) < 4.78 is 11.2. The van der Waals surface area contributed by atoms with E-state index in [4.69, 9.17) is 14.3 Å². The van der Waals surface area contributed by atoms with Crippen LogP contribution in [0.25, 0.3) is 5.76 Å². The van der Waals surface area contributed by atoms with Gasteiger partial charge in [0.2, 0.25) is 0 Å². The molecule has 2 N–H and O–H groups in total. The van der Waals surface area contributed by atoms with Crippen LogP contribution in [0.3, 0.4) is 0 Å². The highest BCUT2D eigenvalue weighted by Crippen LogP contribution is 2.40. The van der Waals surface area contributed by atoms with Crippen LogP contribution in [-0.4, -0.2) is 39.4 Å². The number of benzene rings is 2. The van der Waals surface area contributed by atoms with Gasteiger partial charge in [0.25, 0.3) is 11.7 Å². The zero-order chi connectivity index (χ0) is 24.2. The molecule has 0 radical (unpaired) electrons. The van der Waals surface area contributed by atoms with Gasteiger partial charge in [-0.2, -0.15) is 0 Å². The van der Waals surface area contributed by atoms with Gasteiger partial charge < -0.3 is 24.3 Å². The fraction of sp³-hybridized carbons (Fsp3) is 0.192. The molecule has 174 valence electrons. The van der Waals surface area contributed by atoms with Gasteiger partial charge in [-0.1, -0.05) is 31.2 Å². The minimum Gasteiger partial charge on any atom is -0.507 e. The number of Topliss-reactive ketones (excluding diaryl/α,β-unsaturated/α-hetero) is 1. The van der Waals surface area contributed by atoms with E-state index in [9.17, 15) is 19.5 Å². The number of nitrogens with zero attached hydrogens (tertiary/aromatic N) is 1. The number of ether oxygens (including phenoxy) is 1. The zero-order valence-electron chi connectivity index (χ0n) is 18.4. The Labute approximate surface area is 195 Å². The van der Waals surface area contributed by atoms with E-state index >= 15 is 0 Å². The quantitative estimate of drug-likeness (QED) is 0.290. The van der Waals surface area contributed by atoms with E-state index in [2.05, 4.69) is 0 Å². The first-order chi connectivity index (χ1) is 16.4. The average Bonchev–Trinajstić information content (AvgIpc) is 3.46. The second kappa shape index (κ2) is 9.66. The highest BCUT2D eigenvalue weighted by molar-refractivity contribution is 6.46. The molecule has 0 spiro atoms. The minimum atomic E-state index is -1.06. The van der Waals surface area contributed by atoms with E-state index in [0.717, 1.165) is 6.42 Å². The monoisotopic (exact) mass is 461 g/mol. The molecule has 8 heteroatoms. The number of carbonyl (C=O) groups is 3. The van der Waals surface area contributed by atoms with Gasteiger partial charge >= 0.3 is 5.97 Å². The Morgan fingerprint density at radius 3 is 2.44 bits per heavy atom. The first-order valence-corrected chi connectivity index (χ1v) is 10.8. The van der Waals surface area contributed by atoms with E-state index in [1.54, 1.807) is 48.5 Å². The lowest BCUT2D eigenvalue weighted by Crippen LogP contribution is -2.29. The fourth-order valence-corrected chi connectivity index (χ4v) is 3.84. The molecule has 34 heavy (non-hydrogen) atoms. The van der Waals surface area contributed by atoms with Crippen molar-refractivity contribution in [2.75, 3.05) is 6.61 Å². The molecule has 1 unspecified atom stereocenters. The third-order valence-corrected chi connectivity index (χ3v) is 5.49. The summed E-state index contributed by atoms with van der Waals surface area (Å²) in [4.78, 5) is 38.5. The summed E-state index contributed by atoms with van der Waals surface area (Å²) in [7, 11) is 0. The Morgan fingerprint density at radius 1 is 1.03 bits per heavy atom. The fourth-order valence-electron chi connectivity index (χ4n) is 3.84. The third kappa shape index (κ3) is 4.43. The number of carboxylic acids is 1. The Balaban J connectivity index is 1.74. The number of carbonyl (C=O) groups excluding carboxylic acids is 2. The van der Waals surface area contributed by atoms with Crippen molar-refractivity contribution in [3.63, 3.8) is 0 Å². The SMILES string of the molecule is CCCOc1cccc(/C(O)=C2/C(=O)C(=O)N(Cc3ccc(C(=O)O)cc3)C2c2ccco2)c1. The van der Waals surface area contributed by atoms with Crippen LogP contribution in [0.2, 0.25) is 0 Å². The number of furan rings is 1. The van der Waals surface area contributed by atoms with Crippen molar-refractivity contribution in [2.24, 2.45) is 0 Å². The van der Waals surface area contributed by atoms with E-state index < -0.39 is 23.7 Å². The second-order valence-corrected chi connectivity index (χ2v) is 7.82. The van der Waals surface area contributed by atoms with Crippen LogP contribution in [0.1, 0.15) is 46.6 Å². The van der Waals surface area contributed by atoms with Gasteiger partial charge in [0.15, 0.2) is 0 Å². The van der Waals surface area contributed by atoms with Gasteiger partial charge in [-0.3, -0.25) is 9.59 Å². The molecule has 1 amide bonds. The predicted molar refractivity (Wildman–Crippen MR) is 122 cm³/mol. The molecule has 1 aliphatic heterocycles. The summed E-state index contributed by atoms with van der Waals surface area (Å²) in [5.41, 5.74) is 0.987. The van der Waals surface area contributed by atoms with Crippen molar-refractivity contribution < 1.29 is 33.8 Å². The zero-order valence-corrected chi connectivity index (χ0v) is 18.4. The summed E-state index contributed by atoms with van der Waals surface area (Å²) in [5.74, 6) is -2.16. The number of aromatic carboxylic acids is 1. The average molecular weight is 461 g/mol. The predicted octanol–water partition coefficient (Wildman–Crippen LogP) is 4.39. The molecular formula is C26H23NO7. The minimum absolute atomic E-state index is 0.0201. The molecule has 1 saturated heterocycles. The number of aliphatic hydroxyl groups excluding tert-OH is 1. The van der Waals surface area contributed by atoms with Crippen molar-refractivity contribution in [3.05, 3.63) is 95.0 Å². The number of hydrogen-bond donors (Lipinski definition) is 2. The molecule has 1 aliphatic rings. The lowest BCUT2D eigenvalue weighted by Gasteiger charge is -2.23. The van der Waals surface area contributed by atoms with Crippen molar-refractivity contribution in [2.45, 2.75) is 25.9 Å². The van der Waals surface area contributed by atoms with E-state index in [-0.39, 0.29) is 23.4 Å². The van der Waals surface area contributed by atoms with Crippen LogP contribution in [-0.2, 0) is 16.1 Å². The molecule has 2 heterocycles. The molecule has 4 rings (SSSR count). The molecular weight excluding hydrogens is 438 g/mol.